The van der Waals surface area contributed by atoms with Crippen molar-refractivity contribution in [2.45, 2.75) is 32.1 Å². The lowest BCUT2D eigenvalue weighted by Gasteiger charge is -2.26. The molecule has 0 aliphatic carbocycles. The van der Waals surface area contributed by atoms with Crippen LogP contribution in [0.25, 0.3) is 5.65 Å². The fourth-order valence-electron chi connectivity index (χ4n) is 2.88. The molecule has 1 aliphatic heterocycles. The minimum atomic E-state index is 0.0510. The van der Waals surface area contributed by atoms with Crippen molar-refractivity contribution in [1.82, 2.24) is 14.3 Å². The number of hydrogen-bond donors (Lipinski definition) is 1. The number of anilines is 1. The maximum atomic E-state index is 12.0. The van der Waals surface area contributed by atoms with E-state index in [4.69, 9.17) is 0 Å². The monoisotopic (exact) mass is 412 g/mol. The van der Waals surface area contributed by atoms with E-state index in [0.29, 0.717) is 12.2 Å². The Balaban J connectivity index is 1.47. The van der Waals surface area contributed by atoms with Crippen LogP contribution in [0.15, 0.2) is 24.5 Å². The second kappa shape index (κ2) is 7.41. The molecule has 0 atom stereocenters. The van der Waals surface area contributed by atoms with E-state index in [1.807, 2.05) is 28.9 Å². The van der Waals surface area contributed by atoms with Crippen molar-refractivity contribution in [3.05, 3.63) is 28.1 Å². The molecule has 22 heavy (non-hydrogen) atoms. The van der Waals surface area contributed by atoms with Crippen LogP contribution in [-0.4, -0.2) is 39.8 Å². The van der Waals surface area contributed by atoms with E-state index in [-0.39, 0.29) is 5.91 Å². The van der Waals surface area contributed by atoms with Gasteiger partial charge in [0, 0.05) is 16.2 Å². The van der Waals surface area contributed by atoms with E-state index in [2.05, 4.69) is 37.8 Å². The second-order valence-electron chi connectivity index (χ2n) is 5.79. The Labute approximate surface area is 144 Å². The van der Waals surface area contributed by atoms with Crippen LogP contribution < -0.4 is 5.32 Å². The molecule has 118 valence electrons. The summed E-state index contributed by atoms with van der Waals surface area (Å²) in [6.45, 7) is 3.40. The van der Waals surface area contributed by atoms with Gasteiger partial charge in [0.2, 0.25) is 5.91 Å². The molecule has 2 aromatic rings. The van der Waals surface area contributed by atoms with Gasteiger partial charge in [-0.25, -0.2) is 4.98 Å². The molecular formula is C16H21IN4O. The third-order valence-electron chi connectivity index (χ3n) is 4.01. The average Bonchev–Trinajstić information content (AvgIpc) is 2.89. The van der Waals surface area contributed by atoms with Crippen LogP contribution >= 0.6 is 22.6 Å². The predicted molar refractivity (Wildman–Crippen MR) is 96.1 cm³/mol. The van der Waals surface area contributed by atoms with Gasteiger partial charge in [-0.3, -0.25) is 4.79 Å². The van der Waals surface area contributed by atoms with Crippen molar-refractivity contribution in [3.63, 3.8) is 0 Å². The van der Waals surface area contributed by atoms with Gasteiger partial charge in [0.05, 0.1) is 6.20 Å². The molecule has 1 saturated heterocycles. The van der Waals surface area contributed by atoms with Crippen molar-refractivity contribution in [2.24, 2.45) is 0 Å². The lowest BCUT2D eigenvalue weighted by atomic mass is 10.1. The number of carbonyl (C=O) groups excluding carboxylic acids is 1. The fourth-order valence-corrected chi connectivity index (χ4v) is 3.36. The van der Waals surface area contributed by atoms with Crippen molar-refractivity contribution in [1.29, 1.82) is 0 Å². The normalized spacial score (nSPS) is 16.0. The topological polar surface area (TPSA) is 49.6 Å². The second-order valence-corrected chi connectivity index (χ2v) is 7.04. The zero-order chi connectivity index (χ0) is 15.4. The summed E-state index contributed by atoms with van der Waals surface area (Å²) in [4.78, 5) is 18.9. The quantitative estimate of drug-likeness (QED) is 0.768. The van der Waals surface area contributed by atoms with Gasteiger partial charge in [-0.05, 0) is 73.6 Å². The molecule has 2 aromatic heterocycles. The van der Waals surface area contributed by atoms with Crippen molar-refractivity contribution in [2.75, 3.05) is 25.0 Å². The van der Waals surface area contributed by atoms with E-state index < -0.39 is 0 Å². The van der Waals surface area contributed by atoms with E-state index >= 15 is 0 Å². The summed E-state index contributed by atoms with van der Waals surface area (Å²) < 4.78 is 3.08. The number of piperidine rings is 1. The molecule has 3 rings (SSSR count). The van der Waals surface area contributed by atoms with Crippen LogP contribution in [0.2, 0.25) is 0 Å². The Bertz CT molecular complexity index is 649. The van der Waals surface area contributed by atoms with Crippen molar-refractivity contribution in [3.8, 4) is 0 Å². The highest BCUT2D eigenvalue weighted by molar-refractivity contribution is 14.1. The zero-order valence-electron chi connectivity index (χ0n) is 12.6. The molecule has 1 fully saturated rings. The van der Waals surface area contributed by atoms with E-state index in [1.165, 1.54) is 32.4 Å². The minimum Gasteiger partial charge on any atom is -0.309 e. The maximum absolute atomic E-state index is 12.0. The first-order valence-electron chi connectivity index (χ1n) is 7.87. The van der Waals surface area contributed by atoms with Gasteiger partial charge in [0.1, 0.15) is 5.65 Å². The van der Waals surface area contributed by atoms with Crippen LogP contribution in [0.1, 0.15) is 32.1 Å². The molecule has 6 heteroatoms. The minimum absolute atomic E-state index is 0.0510. The molecule has 0 aromatic carbocycles. The summed E-state index contributed by atoms with van der Waals surface area (Å²) in [5.74, 6) is 0.681. The standard InChI is InChI=1S/C16H21IN4O/c17-13-6-7-15-18-14(12-21(15)11-13)19-16(22)5-4-10-20-8-2-1-3-9-20/h6-7,11-12H,1-5,8-10H2,(H,19,22). The van der Waals surface area contributed by atoms with Gasteiger partial charge in [-0.1, -0.05) is 6.42 Å². The number of halogens is 1. The Morgan fingerprint density at radius 3 is 2.86 bits per heavy atom. The largest absolute Gasteiger partial charge is 0.309 e. The molecule has 0 saturated carbocycles. The Morgan fingerprint density at radius 1 is 1.23 bits per heavy atom. The Hall–Kier alpha value is -1.15. The first-order valence-corrected chi connectivity index (χ1v) is 8.95. The van der Waals surface area contributed by atoms with Crippen LogP contribution in [0, 0.1) is 3.57 Å². The first kappa shape index (κ1) is 15.7. The summed E-state index contributed by atoms with van der Waals surface area (Å²) >= 11 is 2.26. The van der Waals surface area contributed by atoms with E-state index in [9.17, 15) is 4.79 Å². The molecule has 0 unspecified atom stereocenters. The molecule has 3 heterocycles. The number of fused-ring (bicyclic) bond motifs is 1. The van der Waals surface area contributed by atoms with Gasteiger partial charge in [-0.2, -0.15) is 0 Å². The van der Waals surface area contributed by atoms with Gasteiger partial charge >= 0.3 is 0 Å². The maximum Gasteiger partial charge on any atom is 0.225 e. The zero-order valence-corrected chi connectivity index (χ0v) is 14.8. The number of nitrogens with zero attached hydrogens (tertiary/aromatic N) is 3. The first-order chi connectivity index (χ1) is 10.7. The third-order valence-corrected chi connectivity index (χ3v) is 4.65. The Morgan fingerprint density at radius 2 is 2.05 bits per heavy atom. The predicted octanol–water partition coefficient (Wildman–Crippen LogP) is 3.14. The highest BCUT2D eigenvalue weighted by atomic mass is 127. The highest BCUT2D eigenvalue weighted by Gasteiger charge is 2.11. The Kier molecular flexibility index (Phi) is 5.30. The van der Waals surface area contributed by atoms with Crippen LogP contribution in [0.3, 0.4) is 0 Å². The number of nitrogens with one attached hydrogen (secondary N) is 1. The number of aromatic nitrogens is 2. The number of rotatable bonds is 5. The smallest absolute Gasteiger partial charge is 0.225 e. The van der Waals surface area contributed by atoms with Gasteiger partial charge < -0.3 is 14.6 Å². The average molecular weight is 412 g/mol. The summed E-state index contributed by atoms with van der Waals surface area (Å²) in [5, 5.41) is 2.90. The molecule has 1 N–H and O–H groups in total. The summed E-state index contributed by atoms with van der Waals surface area (Å²) in [6.07, 6.45) is 9.27. The van der Waals surface area contributed by atoms with Crippen LogP contribution in [0.5, 0.6) is 0 Å². The number of amides is 1. The van der Waals surface area contributed by atoms with E-state index in [1.54, 1.807) is 0 Å². The molecule has 0 bridgehead atoms. The number of likely N-dealkylation sites (tertiary alicyclic amines) is 1. The molecule has 0 spiro atoms. The number of hydrogen-bond acceptors (Lipinski definition) is 3. The lowest BCUT2D eigenvalue weighted by Crippen LogP contribution is -2.31. The van der Waals surface area contributed by atoms with Crippen molar-refractivity contribution < 1.29 is 4.79 Å². The molecule has 0 radical (unpaired) electrons. The third kappa shape index (κ3) is 4.19. The summed E-state index contributed by atoms with van der Waals surface area (Å²) in [6, 6.07) is 3.96. The van der Waals surface area contributed by atoms with Crippen molar-refractivity contribution >= 4 is 40.0 Å². The van der Waals surface area contributed by atoms with Crippen LogP contribution in [-0.2, 0) is 4.79 Å². The molecular weight excluding hydrogens is 391 g/mol. The SMILES string of the molecule is O=C(CCCN1CCCCC1)Nc1cn2cc(I)ccc2n1. The lowest BCUT2D eigenvalue weighted by molar-refractivity contribution is -0.116. The molecule has 1 amide bonds. The number of carbonyl (C=O) groups is 1. The highest BCUT2D eigenvalue weighted by Crippen LogP contribution is 2.13. The van der Waals surface area contributed by atoms with E-state index in [0.717, 1.165) is 22.2 Å². The summed E-state index contributed by atoms with van der Waals surface area (Å²) in [7, 11) is 0. The fraction of sp³-hybridized carbons (Fsp3) is 0.500. The van der Waals surface area contributed by atoms with Gasteiger partial charge in [-0.15, -0.1) is 0 Å². The molecule has 5 nitrogen and oxygen atoms in total. The number of pyridine rings is 1. The summed E-state index contributed by atoms with van der Waals surface area (Å²) in [5.41, 5.74) is 0.851. The number of imidazole rings is 1. The van der Waals surface area contributed by atoms with Gasteiger partial charge in [0.15, 0.2) is 5.82 Å². The van der Waals surface area contributed by atoms with Crippen LogP contribution in [0.4, 0.5) is 5.82 Å². The molecule has 1 aliphatic rings. The van der Waals surface area contributed by atoms with Gasteiger partial charge in [0.25, 0.3) is 0 Å².